The summed E-state index contributed by atoms with van der Waals surface area (Å²) in [5.74, 6) is -1.37. The number of alkyl halides is 3. The van der Waals surface area contributed by atoms with Crippen LogP contribution in [0, 0.1) is 5.82 Å². The SMILES string of the molecule is CCc1nc2ccc(C(F)(F)F)cn2c1C(=O)Nc1ccccc1F. The van der Waals surface area contributed by atoms with E-state index in [4.69, 9.17) is 0 Å². The number of hydrogen-bond donors (Lipinski definition) is 1. The van der Waals surface area contributed by atoms with E-state index >= 15 is 0 Å². The first-order valence-electron chi connectivity index (χ1n) is 7.45. The van der Waals surface area contributed by atoms with Crippen molar-refractivity contribution in [2.45, 2.75) is 19.5 Å². The Morgan fingerprint density at radius 3 is 2.56 bits per heavy atom. The van der Waals surface area contributed by atoms with E-state index in [1.54, 1.807) is 6.92 Å². The lowest BCUT2D eigenvalue weighted by Gasteiger charge is -2.10. The van der Waals surface area contributed by atoms with Gasteiger partial charge in [-0.15, -0.1) is 0 Å². The Balaban J connectivity index is 2.10. The van der Waals surface area contributed by atoms with Crippen LogP contribution in [0.3, 0.4) is 0 Å². The lowest BCUT2D eigenvalue weighted by atomic mass is 10.2. The summed E-state index contributed by atoms with van der Waals surface area (Å²) < 4.78 is 53.7. The quantitative estimate of drug-likeness (QED) is 0.715. The standard InChI is InChI=1S/C17H13F4N3O/c1-2-12-15(16(25)23-13-6-4-3-5-11(13)18)24-9-10(17(19,20)21)7-8-14(24)22-12/h3-9H,2H2,1H3,(H,23,25). The Hall–Kier alpha value is -2.90. The van der Waals surface area contributed by atoms with Crippen molar-refractivity contribution < 1.29 is 22.4 Å². The van der Waals surface area contributed by atoms with Crippen molar-refractivity contribution in [1.82, 2.24) is 9.38 Å². The van der Waals surface area contributed by atoms with Crippen LogP contribution in [-0.2, 0) is 12.6 Å². The summed E-state index contributed by atoms with van der Waals surface area (Å²) in [7, 11) is 0. The summed E-state index contributed by atoms with van der Waals surface area (Å²) in [4.78, 5) is 16.7. The number of imidazole rings is 1. The largest absolute Gasteiger partial charge is 0.417 e. The molecule has 0 aliphatic rings. The molecule has 0 aliphatic heterocycles. The monoisotopic (exact) mass is 351 g/mol. The fourth-order valence-corrected chi connectivity index (χ4v) is 2.49. The predicted octanol–water partition coefficient (Wildman–Crippen LogP) is 4.31. The van der Waals surface area contributed by atoms with Crippen molar-refractivity contribution in [2.75, 3.05) is 5.32 Å². The van der Waals surface area contributed by atoms with Gasteiger partial charge in [0.25, 0.3) is 5.91 Å². The molecule has 0 saturated carbocycles. The molecule has 0 bridgehead atoms. The third kappa shape index (κ3) is 3.19. The zero-order chi connectivity index (χ0) is 18.2. The molecule has 1 aromatic carbocycles. The number of amides is 1. The Kier molecular flexibility index (Phi) is 4.20. The third-order valence-corrected chi connectivity index (χ3v) is 3.69. The summed E-state index contributed by atoms with van der Waals surface area (Å²) >= 11 is 0. The van der Waals surface area contributed by atoms with E-state index in [-0.39, 0.29) is 17.0 Å². The van der Waals surface area contributed by atoms with Crippen LogP contribution < -0.4 is 5.32 Å². The van der Waals surface area contributed by atoms with E-state index in [9.17, 15) is 22.4 Å². The van der Waals surface area contributed by atoms with Crippen LogP contribution in [-0.4, -0.2) is 15.3 Å². The summed E-state index contributed by atoms with van der Waals surface area (Å²) in [6.07, 6.45) is -3.40. The predicted molar refractivity (Wildman–Crippen MR) is 83.9 cm³/mol. The van der Waals surface area contributed by atoms with Gasteiger partial charge in [0.15, 0.2) is 0 Å². The molecule has 8 heteroatoms. The minimum Gasteiger partial charge on any atom is -0.318 e. The molecule has 2 heterocycles. The van der Waals surface area contributed by atoms with E-state index in [1.165, 1.54) is 30.3 Å². The molecule has 3 aromatic rings. The number of nitrogens with zero attached hydrogens (tertiary/aromatic N) is 2. The van der Waals surface area contributed by atoms with Gasteiger partial charge in [-0.25, -0.2) is 9.37 Å². The van der Waals surface area contributed by atoms with Crippen molar-refractivity contribution >= 4 is 17.2 Å². The van der Waals surface area contributed by atoms with Crippen LogP contribution in [0.2, 0.25) is 0 Å². The van der Waals surface area contributed by atoms with Gasteiger partial charge in [-0.2, -0.15) is 13.2 Å². The highest BCUT2D eigenvalue weighted by atomic mass is 19.4. The number of halogens is 4. The Labute approximate surface area is 140 Å². The number of pyridine rings is 1. The Bertz CT molecular complexity index is 947. The van der Waals surface area contributed by atoms with Gasteiger partial charge in [-0.3, -0.25) is 9.20 Å². The fourth-order valence-electron chi connectivity index (χ4n) is 2.49. The number of carbonyl (C=O) groups excluding carboxylic acids is 1. The summed E-state index contributed by atoms with van der Waals surface area (Å²) in [5.41, 5.74) is -0.472. The number of anilines is 1. The van der Waals surface area contributed by atoms with Crippen molar-refractivity contribution in [3.05, 3.63) is 65.4 Å². The van der Waals surface area contributed by atoms with Crippen LogP contribution >= 0.6 is 0 Å². The number of fused-ring (bicyclic) bond motifs is 1. The molecule has 1 N–H and O–H groups in total. The lowest BCUT2D eigenvalue weighted by molar-refractivity contribution is -0.137. The summed E-state index contributed by atoms with van der Waals surface area (Å²) in [5, 5.41) is 2.38. The van der Waals surface area contributed by atoms with Crippen molar-refractivity contribution in [3.8, 4) is 0 Å². The molecule has 1 amide bonds. The van der Waals surface area contributed by atoms with Gasteiger partial charge >= 0.3 is 6.18 Å². The number of benzene rings is 1. The Morgan fingerprint density at radius 1 is 1.20 bits per heavy atom. The second-order valence-electron chi connectivity index (χ2n) is 5.34. The molecule has 0 aliphatic carbocycles. The molecule has 3 rings (SSSR count). The van der Waals surface area contributed by atoms with E-state index in [0.717, 1.165) is 16.7 Å². The molecule has 0 unspecified atom stereocenters. The van der Waals surface area contributed by atoms with Crippen molar-refractivity contribution in [2.24, 2.45) is 0 Å². The second kappa shape index (κ2) is 6.19. The number of nitrogens with one attached hydrogen (secondary N) is 1. The molecule has 2 aromatic heterocycles. The van der Waals surface area contributed by atoms with E-state index < -0.39 is 23.5 Å². The highest BCUT2D eigenvalue weighted by molar-refractivity contribution is 6.04. The lowest BCUT2D eigenvalue weighted by Crippen LogP contribution is -2.17. The first-order chi connectivity index (χ1) is 11.8. The molecular formula is C17H13F4N3O. The number of hydrogen-bond acceptors (Lipinski definition) is 2. The molecule has 0 atom stereocenters. The number of aryl methyl sites for hydroxylation is 1. The van der Waals surface area contributed by atoms with Gasteiger partial charge < -0.3 is 5.32 Å². The maximum absolute atomic E-state index is 13.7. The normalized spacial score (nSPS) is 11.7. The number of rotatable bonds is 3. The highest BCUT2D eigenvalue weighted by Crippen LogP contribution is 2.30. The molecule has 4 nitrogen and oxygen atoms in total. The fraction of sp³-hybridized carbons (Fsp3) is 0.176. The molecule has 130 valence electrons. The maximum Gasteiger partial charge on any atom is 0.417 e. The molecule has 0 spiro atoms. The number of carbonyl (C=O) groups is 1. The second-order valence-corrected chi connectivity index (χ2v) is 5.34. The molecule has 0 fully saturated rings. The van der Waals surface area contributed by atoms with Crippen LogP contribution in [0.1, 0.15) is 28.7 Å². The van der Waals surface area contributed by atoms with Gasteiger partial charge in [-0.05, 0) is 30.7 Å². The first-order valence-corrected chi connectivity index (χ1v) is 7.45. The van der Waals surface area contributed by atoms with E-state index in [2.05, 4.69) is 10.3 Å². The van der Waals surface area contributed by atoms with Crippen LogP contribution in [0.25, 0.3) is 5.65 Å². The van der Waals surface area contributed by atoms with Crippen LogP contribution in [0.4, 0.5) is 23.2 Å². The van der Waals surface area contributed by atoms with Gasteiger partial charge in [-0.1, -0.05) is 19.1 Å². The highest BCUT2D eigenvalue weighted by Gasteiger charge is 2.32. The molecular weight excluding hydrogens is 338 g/mol. The van der Waals surface area contributed by atoms with Crippen LogP contribution in [0.15, 0.2) is 42.6 Å². The third-order valence-electron chi connectivity index (χ3n) is 3.69. The van der Waals surface area contributed by atoms with E-state index in [0.29, 0.717) is 12.1 Å². The van der Waals surface area contributed by atoms with Crippen molar-refractivity contribution in [1.29, 1.82) is 0 Å². The molecule has 0 radical (unpaired) electrons. The van der Waals surface area contributed by atoms with Gasteiger partial charge in [0.05, 0.1) is 16.9 Å². The average molecular weight is 351 g/mol. The molecule has 0 saturated heterocycles. The van der Waals surface area contributed by atoms with Gasteiger partial charge in [0, 0.05) is 6.20 Å². The minimum atomic E-state index is -4.55. The smallest absolute Gasteiger partial charge is 0.318 e. The van der Waals surface area contributed by atoms with Crippen LogP contribution in [0.5, 0.6) is 0 Å². The first kappa shape index (κ1) is 16.9. The number of para-hydroxylation sites is 1. The van der Waals surface area contributed by atoms with E-state index in [1.807, 2.05) is 0 Å². The van der Waals surface area contributed by atoms with Crippen molar-refractivity contribution in [3.63, 3.8) is 0 Å². The van der Waals surface area contributed by atoms with Gasteiger partial charge in [0.2, 0.25) is 0 Å². The topological polar surface area (TPSA) is 46.4 Å². The number of aromatic nitrogens is 2. The Morgan fingerprint density at radius 2 is 1.92 bits per heavy atom. The minimum absolute atomic E-state index is 0.0492. The summed E-state index contributed by atoms with van der Waals surface area (Å²) in [6, 6.07) is 7.64. The van der Waals surface area contributed by atoms with Gasteiger partial charge in [0.1, 0.15) is 17.2 Å². The average Bonchev–Trinajstić information content (AvgIpc) is 2.94. The zero-order valence-electron chi connectivity index (χ0n) is 13.1. The zero-order valence-corrected chi connectivity index (χ0v) is 13.1. The maximum atomic E-state index is 13.7. The summed E-state index contributed by atoms with van der Waals surface area (Å²) in [6.45, 7) is 1.73. The molecule has 25 heavy (non-hydrogen) atoms.